The molecule has 2 aromatic rings. The standard InChI is InChI=1S/C24H29NO5/c1-24(2,3)23(27)25-14-18-13-21(29-5)20(28-4)12-17(18)11-19(25)22(26)30-15-16-9-7-6-8-10-16/h6-10,12-13,19H,11,14-15H2,1-5H3. The molecule has 0 aromatic heterocycles. The molecule has 6 nitrogen and oxygen atoms in total. The first-order chi connectivity index (χ1) is 14.2. The van der Waals surface area contributed by atoms with Gasteiger partial charge in [0.25, 0.3) is 0 Å². The molecule has 0 saturated heterocycles. The highest BCUT2D eigenvalue weighted by atomic mass is 16.5. The summed E-state index contributed by atoms with van der Waals surface area (Å²) in [4.78, 5) is 27.8. The molecule has 0 saturated carbocycles. The zero-order valence-electron chi connectivity index (χ0n) is 18.2. The minimum atomic E-state index is -0.689. The van der Waals surface area contributed by atoms with Gasteiger partial charge in [-0.25, -0.2) is 4.79 Å². The summed E-state index contributed by atoms with van der Waals surface area (Å²) in [7, 11) is 3.16. The second-order valence-electron chi connectivity index (χ2n) is 8.47. The van der Waals surface area contributed by atoms with Crippen LogP contribution in [0.4, 0.5) is 0 Å². The lowest BCUT2D eigenvalue weighted by Crippen LogP contribution is -2.52. The Hall–Kier alpha value is -3.02. The summed E-state index contributed by atoms with van der Waals surface area (Å²) < 4.78 is 16.4. The largest absolute Gasteiger partial charge is 0.493 e. The van der Waals surface area contributed by atoms with E-state index in [9.17, 15) is 9.59 Å². The summed E-state index contributed by atoms with van der Waals surface area (Å²) in [6, 6.07) is 12.6. The van der Waals surface area contributed by atoms with Crippen molar-refractivity contribution in [1.29, 1.82) is 0 Å². The van der Waals surface area contributed by atoms with E-state index in [0.29, 0.717) is 24.5 Å². The van der Waals surface area contributed by atoms with E-state index in [4.69, 9.17) is 14.2 Å². The summed E-state index contributed by atoms with van der Waals surface area (Å²) in [5.41, 5.74) is 2.18. The van der Waals surface area contributed by atoms with Crippen molar-refractivity contribution in [3.8, 4) is 11.5 Å². The highest BCUT2D eigenvalue weighted by molar-refractivity contribution is 5.88. The van der Waals surface area contributed by atoms with Gasteiger partial charge in [0.15, 0.2) is 11.5 Å². The van der Waals surface area contributed by atoms with E-state index in [2.05, 4.69) is 0 Å². The zero-order chi connectivity index (χ0) is 21.9. The Balaban J connectivity index is 1.90. The summed E-state index contributed by atoms with van der Waals surface area (Å²) >= 11 is 0. The highest BCUT2D eigenvalue weighted by Crippen LogP contribution is 2.36. The van der Waals surface area contributed by atoms with E-state index in [1.54, 1.807) is 19.1 Å². The van der Waals surface area contributed by atoms with Crippen molar-refractivity contribution in [1.82, 2.24) is 4.90 Å². The molecule has 160 valence electrons. The van der Waals surface area contributed by atoms with Crippen molar-refractivity contribution in [3.63, 3.8) is 0 Å². The molecule has 1 heterocycles. The molecule has 3 rings (SSSR count). The number of carbonyl (C=O) groups is 2. The van der Waals surface area contributed by atoms with Crippen LogP contribution in [0, 0.1) is 5.41 Å². The van der Waals surface area contributed by atoms with E-state index >= 15 is 0 Å². The molecule has 1 aliphatic heterocycles. The Bertz CT molecular complexity index is 917. The number of hydrogen-bond donors (Lipinski definition) is 0. The lowest BCUT2D eigenvalue weighted by molar-refractivity contribution is -0.160. The smallest absolute Gasteiger partial charge is 0.329 e. The third-order valence-corrected chi connectivity index (χ3v) is 5.23. The number of methoxy groups -OCH3 is 2. The lowest BCUT2D eigenvalue weighted by Gasteiger charge is -2.39. The Morgan fingerprint density at radius 1 is 1.00 bits per heavy atom. The van der Waals surface area contributed by atoms with Crippen LogP contribution in [0.5, 0.6) is 11.5 Å². The van der Waals surface area contributed by atoms with Crippen molar-refractivity contribution in [2.45, 2.75) is 46.4 Å². The molecular formula is C24H29NO5. The van der Waals surface area contributed by atoms with Crippen LogP contribution in [0.3, 0.4) is 0 Å². The van der Waals surface area contributed by atoms with E-state index in [-0.39, 0.29) is 12.5 Å². The summed E-state index contributed by atoms with van der Waals surface area (Å²) in [5, 5.41) is 0. The molecule has 1 aliphatic rings. The van der Waals surface area contributed by atoms with Gasteiger partial charge < -0.3 is 19.1 Å². The second-order valence-corrected chi connectivity index (χ2v) is 8.47. The average Bonchev–Trinajstić information content (AvgIpc) is 2.75. The minimum Gasteiger partial charge on any atom is -0.493 e. The fourth-order valence-electron chi connectivity index (χ4n) is 3.59. The lowest BCUT2D eigenvalue weighted by atomic mass is 9.88. The summed E-state index contributed by atoms with van der Waals surface area (Å²) in [6.07, 6.45) is 0.366. The Morgan fingerprint density at radius 2 is 1.60 bits per heavy atom. The predicted molar refractivity (Wildman–Crippen MR) is 113 cm³/mol. The molecule has 30 heavy (non-hydrogen) atoms. The van der Waals surface area contributed by atoms with Gasteiger partial charge in [-0.05, 0) is 28.8 Å². The first-order valence-electron chi connectivity index (χ1n) is 10.00. The van der Waals surface area contributed by atoms with Crippen molar-refractivity contribution < 1.29 is 23.8 Å². The number of ether oxygens (including phenoxy) is 3. The molecule has 1 unspecified atom stereocenters. The van der Waals surface area contributed by atoms with Gasteiger partial charge in [0, 0.05) is 18.4 Å². The van der Waals surface area contributed by atoms with Gasteiger partial charge in [-0.1, -0.05) is 51.1 Å². The second kappa shape index (κ2) is 8.78. The van der Waals surface area contributed by atoms with Crippen molar-refractivity contribution in [3.05, 3.63) is 59.2 Å². The molecule has 0 N–H and O–H groups in total. The minimum absolute atomic E-state index is 0.0930. The monoisotopic (exact) mass is 411 g/mol. The molecule has 0 fully saturated rings. The van der Waals surface area contributed by atoms with Crippen LogP contribution in [0.25, 0.3) is 0 Å². The van der Waals surface area contributed by atoms with Crippen molar-refractivity contribution in [2.24, 2.45) is 5.41 Å². The van der Waals surface area contributed by atoms with E-state index in [1.165, 1.54) is 0 Å². The zero-order valence-corrected chi connectivity index (χ0v) is 18.2. The fraction of sp³-hybridized carbons (Fsp3) is 0.417. The van der Waals surface area contributed by atoms with Gasteiger partial charge in [0.1, 0.15) is 12.6 Å². The quantitative estimate of drug-likeness (QED) is 0.701. The number of benzene rings is 2. The molecule has 6 heteroatoms. The van der Waals surface area contributed by atoms with Crippen LogP contribution >= 0.6 is 0 Å². The van der Waals surface area contributed by atoms with Crippen molar-refractivity contribution in [2.75, 3.05) is 14.2 Å². The number of esters is 1. The maximum Gasteiger partial charge on any atom is 0.329 e. The van der Waals surface area contributed by atoms with E-state index < -0.39 is 17.4 Å². The first kappa shape index (κ1) is 21.7. The SMILES string of the molecule is COc1cc2c(cc1OC)CN(C(=O)C(C)(C)C)C(C(=O)OCc1ccccc1)C2. The number of amides is 1. The molecule has 0 radical (unpaired) electrons. The third-order valence-electron chi connectivity index (χ3n) is 5.23. The first-order valence-corrected chi connectivity index (χ1v) is 10.00. The maximum atomic E-state index is 13.2. The van der Waals surface area contributed by atoms with Crippen LogP contribution in [0.1, 0.15) is 37.5 Å². The third kappa shape index (κ3) is 4.58. The number of rotatable bonds is 5. The summed E-state index contributed by atoms with van der Waals surface area (Å²) in [5.74, 6) is 0.703. The van der Waals surface area contributed by atoms with E-state index in [1.807, 2.05) is 63.2 Å². The fourth-order valence-corrected chi connectivity index (χ4v) is 3.59. The molecule has 1 atom stereocenters. The molecular weight excluding hydrogens is 382 g/mol. The van der Waals surface area contributed by atoms with Gasteiger partial charge in [0.05, 0.1) is 14.2 Å². The van der Waals surface area contributed by atoms with Gasteiger partial charge in [-0.2, -0.15) is 0 Å². The van der Waals surface area contributed by atoms with Crippen LogP contribution in [-0.2, 0) is 33.9 Å². The topological polar surface area (TPSA) is 65.1 Å². The summed E-state index contributed by atoms with van der Waals surface area (Å²) in [6.45, 7) is 6.05. The van der Waals surface area contributed by atoms with Crippen LogP contribution in [-0.4, -0.2) is 37.0 Å². The normalized spacial score (nSPS) is 15.9. The predicted octanol–water partition coefficient (Wildman–Crippen LogP) is 3.75. The Kier molecular flexibility index (Phi) is 6.34. The van der Waals surface area contributed by atoms with Crippen molar-refractivity contribution >= 4 is 11.9 Å². The molecule has 0 aliphatic carbocycles. The van der Waals surface area contributed by atoms with Crippen LogP contribution in [0.2, 0.25) is 0 Å². The Labute approximate surface area is 177 Å². The highest BCUT2D eigenvalue weighted by Gasteiger charge is 2.40. The molecule has 0 bridgehead atoms. The van der Waals surface area contributed by atoms with Gasteiger partial charge in [-0.15, -0.1) is 0 Å². The van der Waals surface area contributed by atoms with Gasteiger partial charge in [0.2, 0.25) is 5.91 Å². The van der Waals surface area contributed by atoms with Crippen LogP contribution in [0.15, 0.2) is 42.5 Å². The van der Waals surface area contributed by atoms with Gasteiger partial charge >= 0.3 is 5.97 Å². The number of fused-ring (bicyclic) bond motifs is 1. The molecule has 2 aromatic carbocycles. The van der Waals surface area contributed by atoms with Crippen LogP contribution < -0.4 is 9.47 Å². The van der Waals surface area contributed by atoms with E-state index in [0.717, 1.165) is 16.7 Å². The number of hydrogen-bond acceptors (Lipinski definition) is 5. The molecule has 1 amide bonds. The van der Waals surface area contributed by atoms with Gasteiger partial charge in [-0.3, -0.25) is 4.79 Å². The number of nitrogens with zero attached hydrogens (tertiary/aromatic N) is 1. The molecule has 0 spiro atoms. The average molecular weight is 411 g/mol. The number of carbonyl (C=O) groups excluding carboxylic acids is 2. The maximum absolute atomic E-state index is 13.2. The Morgan fingerprint density at radius 3 is 2.17 bits per heavy atom.